The molecule has 1 aliphatic carbocycles. The Morgan fingerprint density at radius 3 is 2.72 bits per heavy atom. The van der Waals surface area contributed by atoms with Gasteiger partial charge in [0.05, 0.1) is 7.11 Å². The van der Waals surface area contributed by atoms with E-state index in [0.29, 0.717) is 6.04 Å². The lowest BCUT2D eigenvalue weighted by Gasteiger charge is -2.29. The number of benzene rings is 1. The standard InChI is InChI=1S/C16H25NO/c1-4-17-16(13-10-7-8-12(13)2)14-9-5-6-11-15(14)18-3/h5-6,9,11-13,16-17H,4,7-8,10H2,1-3H3. The van der Waals surface area contributed by atoms with Gasteiger partial charge in [0.2, 0.25) is 0 Å². The van der Waals surface area contributed by atoms with E-state index in [0.717, 1.165) is 24.1 Å². The fraction of sp³-hybridized carbons (Fsp3) is 0.625. The molecule has 1 N–H and O–H groups in total. The topological polar surface area (TPSA) is 21.3 Å². The van der Waals surface area contributed by atoms with Crippen LogP contribution in [0.1, 0.15) is 44.7 Å². The molecule has 0 heterocycles. The maximum absolute atomic E-state index is 5.53. The molecule has 1 aliphatic rings. The summed E-state index contributed by atoms with van der Waals surface area (Å²) in [6.45, 7) is 5.57. The van der Waals surface area contributed by atoms with E-state index in [1.807, 2.05) is 6.07 Å². The highest BCUT2D eigenvalue weighted by molar-refractivity contribution is 5.36. The molecule has 0 amide bonds. The van der Waals surface area contributed by atoms with Gasteiger partial charge in [-0.3, -0.25) is 0 Å². The highest BCUT2D eigenvalue weighted by Gasteiger charge is 2.32. The Balaban J connectivity index is 2.28. The first-order chi connectivity index (χ1) is 8.77. The minimum Gasteiger partial charge on any atom is -0.496 e. The first kappa shape index (κ1) is 13.4. The molecule has 3 atom stereocenters. The Kier molecular flexibility index (Phi) is 4.65. The molecule has 100 valence electrons. The van der Waals surface area contributed by atoms with Crippen LogP contribution < -0.4 is 10.1 Å². The van der Waals surface area contributed by atoms with E-state index in [9.17, 15) is 0 Å². The van der Waals surface area contributed by atoms with Gasteiger partial charge in [0.15, 0.2) is 0 Å². The maximum Gasteiger partial charge on any atom is 0.123 e. The van der Waals surface area contributed by atoms with Gasteiger partial charge in [-0.15, -0.1) is 0 Å². The summed E-state index contributed by atoms with van der Waals surface area (Å²) in [6.07, 6.45) is 4.06. The van der Waals surface area contributed by atoms with Gasteiger partial charge in [0, 0.05) is 11.6 Å². The summed E-state index contributed by atoms with van der Waals surface area (Å²) in [4.78, 5) is 0. The zero-order valence-corrected chi connectivity index (χ0v) is 11.8. The van der Waals surface area contributed by atoms with Crippen LogP contribution >= 0.6 is 0 Å². The molecule has 0 aliphatic heterocycles. The summed E-state index contributed by atoms with van der Waals surface area (Å²) in [5.74, 6) is 2.56. The van der Waals surface area contributed by atoms with Crippen LogP contribution in [0.15, 0.2) is 24.3 Å². The fourth-order valence-corrected chi connectivity index (χ4v) is 3.30. The molecule has 0 saturated heterocycles. The van der Waals surface area contributed by atoms with Gasteiger partial charge in [0.25, 0.3) is 0 Å². The van der Waals surface area contributed by atoms with E-state index in [1.54, 1.807) is 7.11 Å². The molecule has 2 nitrogen and oxygen atoms in total. The predicted molar refractivity (Wildman–Crippen MR) is 75.9 cm³/mol. The second-order valence-electron chi connectivity index (χ2n) is 5.35. The van der Waals surface area contributed by atoms with Crippen molar-refractivity contribution < 1.29 is 4.74 Å². The third-order valence-corrected chi connectivity index (χ3v) is 4.25. The van der Waals surface area contributed by atoms with Crippen molar-refractivity contribution in [2.45, 2.75) is 39.2 Å². The van der Waals surface area contributed by atoms with E-state index in [4.69, 9.17) is 4.74 Å². The van der Waals surface area contributed by atoms with Crippen LogP contribution in [0.25, 0.3) is 0 Å². The van der Waals surface area contributed by atoms with Gasteiger partial charge >= 0.3 is 0 Å². The van der Waals surface area contributed by atoms with E-state index in [2.05, 4.69) is 37.4 Å². The zero-order chi connectivity index (χ0) is 13.0. The molecule has 3 unspecified atom stereocenters. The molecule has 0 aromatic heterocycles. The largest absolute Gasteiger partial charge is 0.496 e. The minimum atomic E-state index is 0.434. The normalized spacial score (nSPS) is 25.1. The molecule has 1 fully saturated rings. The Morgan fingerprint density at radius 2 is 2.11 bits per heavy atom. The number of hydrogen-bond donors (Lipinski definition) is 1. The third kappa shape index (κ3) is 2.69. The van der Waals surface area contributed by atoms with Gasteiger partial charge in [0.1, 0.15) is 5.75 Å². The number of methoxy groups -OCH3 is 1. The average Bonchev–Trinajstić information content (AvgIpc) is 2.82. The summed E-state index contributed by atoms with van der Waals surface area (Å²) in [7, 11) is 1.76. The van der Waals surface area contributed by atoms with Gasteiger partial charge in [-0.05, 0) is 30.9 Å². The molecule has 0 spiro atoms. The van der Waals surface area contributed by atoms with Crippen LogP contribution in [0.3, 0.4) is 0 Å². The Hall–Kier alpha value is -1.02. The number of para-hydroxylation sites is 1. The van der Waals surface area contributed by atoms with Crippen LogP contribution in [-0.2, 0) is 0 Å². The van der Waals surface area contributed by atoms with E-state index in [-0.39, 0.29) is 0 Å². The van der Waals surface area contributed by atoms with Crippen LogP contribution in [0, 0.1) is 11.8 Å². The summed E-state index contributed by atoms with van der Waals surface area (Å²) in [6, 6.07) is 8.87. The van der Waals surface area contributed by atoms with Crippen molar-refractivity contribution >= 4 is 0 Å². The second-order valence-corrected chi connectivity index (χ2v) is 5.35. The fourth-order valence-electron chi connectivity index (χ4n) is 3.30. The molecular weight excluding hydrogens is 222 g/mol. The van der Waals surface area contributed by atoms with Crippen molar-refractivity contribution in [1.29, 1.82) is 0 Å². The first-order valence-corrected chi connectivity index (χ1v) is 7.14. The number of nitrogens with one attached hydrogen (secondary N) is 1. The smallest absolute Gasteiger partial charge is 0.123 e. The molecule has 18 heavy (non-hydrogen) atoms. The van der Waals surface area contributed by atoms with Crippen molar-refractivity contribution in [2.24, 2.45) is 11.8 Å². The summed E-state index contributed by atoms with van der Waals surface area (Å²) in [5, 5.41) is 3.67. The van der Waals surface area contributed by atoms with Crippen LogP contribution in [0.2, 0.25) is 0 Å². The maximum atomic E-state index is 5.53. The van der Waals surface area contributed by atoms with Gasteiger partial charge in [-0.2, -0.15) is 0 Å². The van der Waals surface area contributed by atoms with Crippen molar-refractivity contribution in [3.05, 3.63) is 29.8 Å². The third-order valence-electron chi connectivity index (χ3n) is 4.25. The SMILES string of the molecule is CCNC(c1ccccc1OC)C1CCCC1C. The number of rotatable bonds is 5. The minimum absolute atomic E-state index is 0.434. The van der Waals surface area contributed by atoms with E-state index in [1.165, 1.54) is 24.8 Å². The highest BCUT2D eigenvalue weighted by atomic mass is 16.5. The average molecular weight is 247 g/mol. The Bertz CT molecular complexity index is 377. The van der Waals surface area contributed by atoms with Gasteiger partial charge in [-0.1, -0.05) is 44.9 Å². The molecule has 0 bridgehead atoms. The van der Waals surface area contributed by atoms with Gasteiger partial charge in [-0.25, -0.2) is 0 Å². The lowest BCUT2D eigenvalue weighted by Crippen LogP contribution is -2.30. The quantitative estimate of drug-likeness (QED) is 0.855. The second kappa shape index (κ2) is 6.24. The van der Waals surface area contributed by atoms with Crippen molar-refractivity contribution in [2.75, 3.05) is 13.7 Å². The Morgan fingerprint density at radius 1 is 1.33 bits per heavy atom. The lowest BCUT2D eigenvalue weighted by molar-refractivity contribution is 0.296. The van der Waals surface area contributed by atoms with Crippen molar-refractivity contribution in [3.63, 3.8) is 0 Å². The van der Waals surface area contributed by atoms with E-state index >= 15 is 0 Å². The van der Waals surface area contributed by atoms with Crippen molar-refractivity contribution in [1.82, 2.24) is 5.32 Å². The molecular formula is C16H25NO. The lowest BCUT2D eigenvalue weighted by atomic mass is 9.85. The molecule has 2 heteroatoms. The monoisotopic (exact) mass is 247 g/mol. The van der Waals surface area contributed by atoms with Crippen molar-refractivity contribution in [3.8, 4) is 5.75 Å². The first-order valence-electron chi connectivity index (χ1n) is 7.14. The van der Waals surface area contributed by atoms with Crippen LogP contribution in [0.4, 0.5) is 0 Å². The summed E-state index contributed by atoms with van der Waals surface area (Å²) in [5.41, 5.74) is 1.32. The number of ether oxygens (including phenoxy) is 1. The van der Waals surface area contributed by atoms with Crippen LogP contribution in [-0.4, -0.2) is 13.7 Å². The molecule has 0 radical (unpaired) electrons. The zero-order valence-electron chi connectivity index (χ0n) is 11.8. The number of hydrogen-bond acceptors (Lipinski definition) is 2. The molecule has 1 aromatic carbocycles. The Labute approximate surface area is 111 Å². The summed E-state index contributed by atoms with van der Waals surface area (Å²) >= 11 is 0. The predicted octanol–water partition coefficient (Wildman–Crippen LogP) is 3.78. The summed E-state index contributed by atoms with van der Waals surface area (Å²) < 4.78 is 5.53. The molecule has 1 aromatic rings. The van der Waals surface area contributed by atoms with Gasteiger partial charge < -0.3 is 10.1 Å². The molecule has 1 saturated carbocycles. The van der Waals surface area contributed by atoms with Crippen LogP contribution in [0.5, 0.6) is 5.75 Å². The highest BCUT2D eigenvalue weighted by Crippen LogP contribution is 2.42. The molecule has 2 rings (SSSR count). The van der Waals surface area contributed by atoms with E-state index < -0.39 is 0 Å².